The van der Waals surface area contributed by atoms with Crippen LogP contribution < -0.4 is 5.32 Å². The maximum absolute atomic E-state index is 13.7. The number of halogens is 2. The Morgan fingerprint density at radius 3 is 2.80 bits per heavy atom. The number of rotatable bonds is 4. The lowest BCUT2D eigenvalue weighted by Crippen LogP contribution is -2.31. The van der Waals surface area contributed by atoms with Gasteiger partial charge in [0.25, 0.3) is 0 Å². The van der Waals surface area contributed by atoms with Crippen molar-refractivity contribution in [3.8, 4) is 0 Å². The molecule has 1 fully saturated rings. The third-order valence-electron chi connectivity index (χ3n) is 3.96. The summed E-state index contributed by atoms with van der Waals surface area (Å²) in [6.45, 7) is 3.77. The summed E-state index contributed by atoms with van der Waals surface area (Å²) in [6.07, 6.45) is 1.59. The lowest BCUT2D eigenvalue weighted by Gasteiger charge is -2.26. The molecule has 5 heteroatoms. The fraction of sp³-hybridized carbons (Fsp3) is 0.533. The summed E-state index contributed by atoms with van der Waals surface area (Å²) in [4.78, 5) is 13.9. The largest absolute Gasteiger partial charge is 0.339 e. The minimum Gasteiger partial charge on any atom is -0.339 e. The lowest BCUT2D eigenvalue weighted by molar-refractivity contribution is -0.132. The summed E-state index contributed by atoms with van der Waals surface area (Å²) >= 11 is 0. The third-order valence-corrected chi connectivity index (χ3v) is 3.96. The molecule has 0 aliphatic carbocycles. The van der Waals surface area contributed by atoms with E-state index in [4.69, 9.17) is 0 Å². The van der Waals surface area contributed by atoms with Gasteiger partial charge in [-0.2, -0.15) is 0 Å². The number of carbonyl (C=O) groups is 1. The molecule has 0 spiro atoms. The molecule has 0 bridgehead atoms. The fourth-order valence-corrected chi connectivity index (χ4v) is 2.52. The molecule has 0 saturated carbocycles. The van der Waals surface area contributed by atoms with Crippen LogP contribution >= 0.6 is 12.4 Å². The van der Waals surface area contributed by atoms with E-state index >= 15 is 0 Å². The molecule has 20 heavy (non-hydrogen) atoms. The van der Waals surface area contributed by atoms with E-state index in [0.717, 1.165) is 19.5 Å². The molecule has 3 nitrogen and oxygen atoms in total. The Hall–Kier alpha value is -1.13. The average Bonchev–Trinajstić information content (AvgIpc) is 2.90. The first-order chi connectivity index (χ1) is 9.09. The summed E-state index contributed by atoms with van der Waals surface area (Å²) in [7, 11) is 1.75. The molecule has 1 amide bonds. The number of benzene rings is 1. The van der Waals surface area contributed by atoms with Crippen LogP contribution in [0.5, 0.6) is 0 Å². The Kier molecular flexibility index (Phi) is 6.43. The SMILES string of the molecule is CC(c1ccccc1F)N(C)C(=O)CC1CCNC1.Cl. The van der Waals surface area contributed by atoms with Crippen LogP contribution in [0.15, 0.2) is 24.3 Å². The van der Waals surface area contributed by atoms with Gasteiger partial charge >= 0.3 is 0 Å². The van der Waals surface area contributed by atoms with Gasteiger partial charge in [0.15, 0.2) is 0 Å². The normalized spacial score (nSPS) is 19.2. The topological polar surface area (TPSA) is 32.3 Å². The van der Waals surface area contributed by atoms with Crippen molar-refractivity contribution in [2.24, 2.45) is 5.92 Å². The van der Waals surface area contributed by atoms with E-state index in [9.17, 15) is 9.18 Å². The van der Waals surface area contributed by atoms with Crippen LogP contribution in [0.25, 0.3) is 0 Å². The standard InChI is InChI=1S/C15H21FN2O.ClH/c1-11(13-5-3-4-6-14(13)16)18(2)15(19)9-12-7-8-17-10-12;/h3-6,11-12,17H,7-10H2,1-2H3;1H. The maximum atomic E-state index is 13.7. The molecule has 2 unspecified atom stereocenters. The molecular formula is C15H22ClFN2O. The number of carbonyl (C=O) groups excluding carboxylic acids is 1. The smallest absolute Gasteiger partial charge is 0.223 e. The molecule has 1 N–H and O–H groups in total. The fourth-order valence-electron chi connectivity index (χ4n) is 2.52. The van der Waals surface area contributed by atoms with E-state index in [0.29, 0.717) is 17.9 Å². The summed E-state index contributed by atoms with van der Waals surface area (Å²) in [5.41, 5.74) is 0.572. The van der Waals surface area contributed by atoms with Crippen LogP contribution in [0, 0.1) is 11.7 Å². The quantitative estimate of drug-likeness (QED) is 0.927. The van der Waals surface area contributed by atoms with Gasteiger partial charge in [0, 0.05) is 19.0 Å². The molecule has 112 valence electrons. The summed E-state index contributed by atoms with van der Waals surface area (Å²) in [5.74, 6) is 0.254. The zero-order valence-electron chi connectivity index (χ0n) is 11.9. The van der Waals surface area contributed by atoms with Crippen LogP contribution in [0.2, 0.25) is 0 Å². The van der Waals surface area contributed by atoms with E-state index in [1.807, 2.05) is 6.92 Å². The number of amides is 1. The number of nitrogens with zero attached hydrogens (tertiary/aromatic N) is 1. The molecule has 2 atom stereocenters. The zero-order valence-corrected chi connectivity index (χ0v) is 12.8. The van der Waals surface area contributed by atoms with Gasteiger partial charge in [0.2, 0.25) is 5.91 Å². The zero-order chi connectivity index (χ0) is 13.8. The molecule has 1 aliphatic heterocycles. The Morgan fingerprint density at radius 1 is 1.50 bits per heavy atom. The van der Waals surface area contributed by atoms with Gasteiger partial charge in [-0.05, 0) is 38.4 Å². The molecular weight excluding hydrogens is 279 g/mol. The van der Waals surface area contributed by atoms with Gasteiger partial charge in [-0.1, -0.05) is 18.2 Å². The molecule has 1 aromatic carbocycles. The average molecular weight is 301 g/mol. The predicted molar refractivity (Wildman–Crippen MR) is 80.4 cm³/mol. The van der Waals surface area contributed by atoms with Crippen molar-refractivity contribution < 1.29 is 9.18 Å². The highest BCUT2D eigenvalue weighted by Gasteiger charge is 2.24. The van der Waals surface area contributed by atoms with E-state index in [1.54, 1.807) is 30.1 Å². The lowest BCUT2D eigenvalue weighted by atomic mass is 10.0. The van der Waals surface area contributed by atoms with Gasteiger partial charge in [-0.15, -0.1) is 12.4 Å². The molecule has 1 heterocycles. The molecule has 0 radical (unpaired) electrons. The first kappa shape index (κ1) is 16.9. The Labute approximate surface area is 125 Å². The first-order valence-corrected chi connectivity index (χ1v) is 6.80. The second-order valence-electron chi connectivity index (χ2n) is 5.27. The van der Waals surface area contributed by atoms with Crippen molar-refractivity contribution in [1.82, 2.24) is 10.2 Å². The van der Waals surface area contributed by atoms with Gasteiger partial charge in [0.1, 0.15) is 5.82 Å². The van der Waals surface area contributed by atoms with Crippen LogP contribution in [-0.4, -0.2) is 30.9 Å². The third kappa shape index (κ3) is 3.93. The molecule has 0 aromatic heterocycles. The van der Waals surface area contributed by atoms with E-state index < -0.39 is 0 Å². The Bertz CT molecular complexity index is 449. The van der Waals surface area contributed by atoms with Crippen LogP contribution in [0.4, 0.5) is 4.39 Å². The van der Waals surface area contributed by atoms with Gasteiger partial charge in [-0.25, -0.2) is 4.39 Å². The summed E-state index contributed by atoms with van der Waals surface area (Å²) in [6, 6.07) is 6.40. The second kappa shape index (κ2) is 7.60. The molecule has 1 aromatic rings. The maximum Gasteiger partial charge on any atom is 0.223 e. The molecule has 1 saturated heterocycles. The van der Waals surface area contributed by atoms with Crippen LogP contribution in [-0.2, 0) is 4.79 Å². The molecule has 1 aliphatic rings. The van der Waals surface area contributed by atoms with E-state index in [2.05, 4.69) is 5.32 Å². The highest BCUT2D eigenvalue weighted by molar-refractivity contribution is 5.85. The van der Waals surface area contributed by atoms with Crippen molar-refractivity contribution in [3.05, 3.63) is 35.6 Å². The van der Waals surface area contributed by atoms with Gasteiger partial charge in [-0.3, -0.25) is 4.79 Å². The van der Waals surface area contributed by atoms with E-state index in [1.165, 1.54) is 6.07 Å². The minimum absolute atomic E-state index is 0. The second-order valence-corrected chi connectivity index (χ2v) is 5.27. The van der Waals surface area contributed by atoms with Crippen molar-refractivity contribution in [2.45, 2.75) is 25.8 Å². The van der Waals surface area contributed by atoms with Crippen LogP contribution in [0.1, 0.15) is 31.4 Å². The van der Waals surface area contributed by atoms with Crippen molar-refractivity contribution in [2.75, 3.05) is 20.1 Å². The molecule has 2 rings (SSSR count). The number of hydrogen-bond donors (Lipinski definition) is 1. The van der Waals surface area contributed by atoms with Crippen molar-refractivity contribution >= 4 is 18.3 Å². The summed E-state index contributed by atoms with van der Waals surface area (Å²) < 4.78 is 13.7. The van der Waals surface area contributed by atoms with Crippen molar-refractivity contribution in [3.63, 3.8) is 0 Å². The first-order valence-electron chi connectivity index (χ1n) is 6.80. The van der Waals surface area contributed by atoms with Gasteiger partial charge < -0.3 is 10.2 Å². The monoisotopic (exact) mass is 300 g/mol. The van der Waals surface area contributed by atoms with Crippen LogP contribution in [0.3, 0.4) is 0 Å². The minimum atomic E-state index is -0.253. The van der Waals surface area contributed by atoms with E-state index in [-0.39, 0.29) is 30.2 Å². The van der Waals surface area contributed by atoms with Crippen molar-refractivity contribution in [1.29, 1.82) is 0 Å². The highest BCUT2D eigenvalue weighted by Crippen LogP contribution is 2.23. The number of nitrogens with one attached hydrogen (secondary N) is 1. The highest BCUT2D eigenvalue weighted by atomic mass is 35.5. The number of hydrogen-bond acceptors (Lipinski definition) is 2. The van der Waals surface area contributed by atoms with Gasteiger partial charge in [0.05, 0.1) is 6.04 Å². The summed E-state index contributed by atoms with van der Waals surface area (Å²) in [5, 5.41) is 3.26. The Balaban J connectivity index is 0.00000200. The Morgan fingerprint density at radius 2 is 2.20 bits per heavy atom. The predicted octanol–water partition coefficient (Wildman–Crippen LogP) is 2.77.